The molecule has 4 rings (SSSR count). The van der Waals surface area contributed by atoms with Crippen LogP contribution in [0, 0.1) is 0 Å². The van der Waals surface area contributed by atoms with Gasteiger partial charge in [-0.2, -0.15) is 5.10 Å². The summed E-state index contributed by atoms with van der Waals surface area (Å²) >= 11 is 5.88. The van der Waals surface area contributed by atoms with Crippen LogP contribution in [0.2, 0.25) is 5.02 Å². The van der Waals surface area contributed by atoms with E-state index in [1.807, 2.05) is 24.3 Å². The summed E-state index contributed by atoms with van der Waals surface area (Å²) in [7, 11) is 0. The van der Waals surface area contributed by atoms with Crippen LogP contribution >= 0.6 is 11.6 Å². The lowest BCUT2D eigenvalue weighted by Crippen LogP contribution is -2.23. The average molecular weight is 381 g/mol. The molecule has 138 valence electrons. The van der Waals surface area contributed by atoms with Crippen molar-refractivity contribution in [3.63, 3.8) is 0 Å². The van der Waals surface area contributed by atoms with Crippen molar-refractivity contribution in [3.8, 4) is 11.4 Å². The van der Waals surface area contributed by atoms with Crippen LogP contribution in [0.25, 0.3) is 11.4 Å². The van der Waals surface area contributed by atoms with Gasteiger partial charge in [0, 0.05) is 16.8 Å². The van der Waals surface area contributed by atoms with E-state index in [1.54, 1.807) is 30.5 Å². The number of carbonyl (C=O) groups excluding carboxylic acids is 1. The lowest BCUT2D eigenvalue weighted by atomic mass is 10.2. The van der Waals surface area contributed by atoms with Gasteiger partial charge in [-0.1, -0.05) is 30.5 Å². The molecular formula is C21H21ClN4O. The van der Waals surface area contributed by atoms with Crippen molar-refractivity contribution in [1.82, 2.24) is 20.1 Å². The Morgan fingerprint density at radius 3 is 2.63 bits per heavy atom. The number of pyridine rings is 1. The van der Waals surface area contributed by atoms with E-state index in [-0.39, 0.29) is 5.91 Å². The molecule has 1 aliphatic rings. The Kier molecular flexibility index (Phi) is 5.21. The maximum atomic E-state index is 12.3. The van der Waals surface area contributed by atoms with E-state index >= 15 is 0 Å². The van der Waals surface area contributed by atoms with Crippen molar-refractivity contribution in [2.45, 2.75) is 38.3 Å². The number of hydrogen-bond acceptors (Lipinski definition) is 3. The Hall–Kier alpha value is -2.66. The van der Waals surface area contributed by atoms with Crippen LogP contribution in [-0.4, -0.2) is 20.7 Å². The number of aromatic nitrogens is 3. The van der Waals surface area contributed by atoms with Gasteiger partial charge in [-0.25, -0.2) is 0 Å². The zero-order valence-corrected chi connectivity index (χ0v) is 15.7. The molecule has 1 aromatic carbocycles. The second-order valence-electron chi connectivity index (χ2n) is 6.81. The summed E-state index contributed by atoms with van der Waals surface area (Å²) in [6, 6.07) is 15.2. The molecule has 2 heterocycles. The van der Waals surface area contributed by atoms with E-state index in [0.717, 1.165) is 29.9 Å². The number of halogens is 1. The quantitative estimate of drug-likeness (QED) is 0.701. The summed E-state index contributed by atoms with van der Waals surface area (Å²) in [5.74, 6) is -0.138. The fraction of sp³-hybridized carbons (Fsp3) is 0.286. The highest BCUT2D eigenvalue weighted by molar-refractivity contribution is 6.30. The Morgan fingerprint density at radius 2 is 1.93 bits per heavy atom. The third-order valence-electron chi connectivity index (χ3n) is 4.92. The topological polar surface area (TPSA) is 59.8 Å². The summed E-state index contributed by atoms with van der Waals surface area (Å²) in [4.78, 5) is 16.8. The molecule has 0 bridgehead atoms. The first-order valence-corrected chi connectivity index (χ1v) is 9.62. The van der Waals surface area contributed by atoms with E-state index in [4.69, 9.17) is 16.7 Å². The molecule has 6 heteroatoms. The van der Waals surface area contributed by atoms with E-state index in [1.165, 1.54) is 12.8 Å². The smallest absolute Gasteiger partial charge is 0.251 e. The second-order valence-corrected chi connectivity index (χ2v) is 7.24. The summed E-state index contributed by atoms with van der Waals surface area (Å²) < 4.78 is 2.10. The maximum Gasteiger partial charge on any atom is 0.251 e. The minimum atomic E-state index is -0.138. The van der Waals surface area contributed by atoms with Crippen LogP contribution in [0.4, 0.5) is 0 Å². The van der Waals surface area contributed by atoms with Crippen molar-refractivity contribution in [1.29, 1.82) is 0 Å². The Morgan fingerprint density at radius 1 is 1.15 bits per heavy atom. The number of nitrogens with zero attached hydrogens (tertiary/aromatic N) is 3. The molecule has 1 aliphatic carbocycles. The van der Waals surface area contributed by atoms with Crippen molar-refractivity contribution in [2.24, 2.45) is 0 Å². The van der Waals surface area contributed by atoms with Crippen LogP contribution < -0.4 is 5.32 Å². The molecule has 0 unspecified atom stereocenters. The van der Waals surface area contributed by atoms with Crippen molar-refractivity contribution < 1.29 is 4.79 Å². The zero-order valence-electron chi connectivity index (χ0n) is 14.9. The van der Waals surface area contributed by atoms with Crippen molar-refractivity contribution in [2.75, 3.05) is 0 Å². The van der Waals surface area contributed by atoms with Crippen LogP contribution in [0.1, 0.15) is 47.8 Å². The highest BCUT2D eigenvalue weighted by Gasteiger charge is 2.22. The van der Waals surface area contributed by atoms with Crippen LogP contribution in [0.5, 0.6) is 0 Å². The predicted octanol–water partition coefficient (Wildman–Crippen LogP) is 4.64. The number of amides is 1. The highest BCUT2D eigenvalue weighted by Crippen LogP contribution is 2.33. The number of carbonyl (C=O) groups is 1. The largest absolute Gasteiger partial charge is 0.346 e. The van der Waals surface area contributed by atoms with E-state index in [2.05, 4.69) is 15.0 Å². The third kappa shape index (κ3) is 4.03. The van der Waals surface area contributed by atoms with Gasteiger partial charge in [0.2, 0.25) is 0 Å². The van der Waals surface area contributed by atoms with Gasteiger partial charge in [-0.15, -0.1) is 0 Å². The second kappa shape index (κ2) is 7.92. The van der Waals surface area contributed by atoms with Gasteiger partial charge >= 0.3 is 0 Å². The van der Waals surface area contributed by atoms with Gasteiger partial charge in [0.15, 0.2) is 0 Å². The molecule has 27 heavy (non-hydrogen) atoms. The molecule has 1 N–H and O–H groups in total. The number of nitrogens with one attached hydrogen (secondary N) is 1. The van der Waals surface area contributed by atoms with Crippen LogP contribution in [-0.2, 0) is 6.54 Å². The lowest BCUT2D eigenvalue weighted by Gasteiger charge is -2.13. The molecule has 0 atom stereocenters. The first-order chi connectivity index (χ1) is 13.2. The summed E-state index contributed by atoms with van der Waals surface area (Å²) in [5, 5.41) is 8.34. The zero-order chi connectivity index (χ0) is 18.6. The molecule has 2 aromatic heterocycles. The maximum absolute atomic E-state index is 12.3. The number of benzene rings is 1. The molecule has 0 aliphatic heterocycles. The Labute approximate surface area is 163 Å². The standard InChI is InChI=1S/C21H21ClN4O/c22-16-10-8-15(9-11-16)21(27)24-14-17-13-20(19-7-3-4-12-23-19)26(25-17)18-5-1-2-6-18/h3-4,7-13,18H,1-2,5-6,14H2,(H,24,27). The van der Waals surface area contributed by atoms with E-state index in [0.29, 0.717) is 23.2 Å². The molecule has 3 aromatic rings. The minimum Gasteiger partial charge on any atom is -0.346 e. The Balaban J connectivity index is 1.54. The molecular weight excluding hydrogens is 360 g/mol. The first kappa shape index (κ1) is 17.7. The van der Waals surface area contributed by atoms with Gasteiger partial charge < -0.3 is 5.32 Å². The fourth-order valence-electron chi connectivity index (χ4n) is 3.54. The summed E-state index contributed by atoms with van der Waals surface area (Å²) in [6.07, 6.45) is 6.53. The van der Waals surface area contributed by atoms with Gasteiger partial charge in [0.1, 0.15) is 0 Å². The van der Waals surface area contributed by atoms with Gasteiger partial charge in [0.05, 0.1) is 29.7 Å². The third-order valence-corrected chi connectivity index (χ3v) is 5.17. The highest BCUT2D eigenvalue weighted by atomic mass is 35.5. The lowest BCUT2D eigenvalue weighted by molar-refractivity contribution is 0.0950. The van der Waals surface area contributed by atoms with Crippen LogP contribution in [0.15, 0.2) is 54.7 Å². The fourth-order valence-corrected chi connectivity index (χ4v) is 3.66. The number of rotatable bonds is 5. The molecule has 0 spiro atoms. The molecule has 1 amide bonds. The molecule has 5 nitrogen and oxygen atoms in total. The minimum absolute atomic E-state index is 0.138. The van der Waals surface area contributed by atoms with Crippen molar-refractivity contribution >= 4 is 17.5 Å². The molecule has 0 saturated heterocycles. The van der Waals surface area contributed by atoms with Gasteiger partial charge in [0.25, 0.3) is 5.91 Å². The summed E-state index contributed by atoms with van der Waals surface area (Å²) in [5.41, 5.74) is 3.34. The predicted molar refractivity (Wildman–Crippen MR) is 106 cm³/mol. The SMILES string of the molecule is O=C(NCc1cc(-c2ccccn2)n(C2CCCC2)n1)c1ccc(Cl)cc1. The van der Waals surface area contributed by atoms with E-state index < -0.39 is 0 Å². The summed E-state index contributed by atoms with van der Waals surface area (Å²) in [6.45, 7) is 0.376. The molecule has 1 fully saturated rings. The molecule has 1 saturated carbocycles. The first-order valence-electron chi connectivity index (χ1n) is 9.24. The van der Waals surface area contributed by atoms with E-state index in [9.17, 15) is 4.79 Å². The van der Waals surface area contributed by atoms with Gasteiger partial charge in [-0.05, 0) is 55.3 Å². The normalized spacial score (nSPS) is 14.4. The Bertz CT molecular complexity index is 915. The van der Waals surface area contributed by atoms with Gasteiger partial charge in [-0.3, -0.25) is 14.5 Å². The monoisotopic (exact) mass is 380 g/mol. The molecule has 0 radical (unpaired) electrons. The van der Waals surface area contributed by atoms with Crippen molar-refractivity contribution in [3.05, 3.63) is 71.0 Å². The van der Waals surface area contributed by atoms with Crippen LogP contribution in [0.3, 0.4) is 0 Å². The number of hydrogen-bond donors (Lipinski definition) is 1. The average Bonchev–Trinajstić information content (AvgIpc) is 3.37.